The summed E-state index contributed by atoms with van der Waals surface area (Å²) in [7, 11) is 0. The first kappa shape index (κ1) is 8.12. The number of aliphatic imine (C=N–C) groups is 3. The Kier molecular flexibility index (Phi) is 1.73. The molecule has 2 heterocycles. The molecular formula is C7H5ClN4O. The molecule has 1 amide bonds. The topological polar surface area (TPSA) is 80.2 Å². The van der Waals surface area contributed by atoms with Crippen LogP contribution in [0.2, 0.25) is 0 Å². The second kappa shape index (κ2) is 2.77. The van der Waals surface area contributed by atoms with Gasteiger partial charge in [0.1, 0.15) is 0 Å². The van der Waals surface area contributed by atoms with Gasteiger partial charge >= 0.3 is 0 Å². The first-order valence-corrected chi connectivity index (χ1v) is 3.91. The largest absolute Gasteiger partial charge is 0.368 e. The Morgan fingerprint density at radius 1 is 1.46 bits per heavy atom. The molecule has 2 aliphatic rings. The van der Waals surface area contributed by atoms with Crippen LogP contribution in [0.1, 0.15) is 0 Å². The molecule has 0 aromatic rings. The first-order valence-electron chi connectivity index (χ1n) is 3.54. The second-order valence-electron chi connectivity index (χ2n) is 2.55. The number of hydrogen-bond donors (Lipinski definition) is 1. The fourth-order valence-corrected chi connectivity index (χ4v) is 1.26. The Balaban J connectivity index is 2.46. The molecule has 5 nitrogen and oxygen atoms in total. The van der Waals surface area contributed by atoms with Crippen molar-refractivity contribution in [1.82, 2.24) is 0 Å². The van der Waals surface area contributed by atoms with Crippen molar-refractivity contribution in [2.45, 2.75) is 6.04 Å². The number of hydrogen-bond acceptors (Lipinski definition) is 4. The maximum Gasteiger partial charge on any atom is 0.279 e. The van der Waals surface area contributed by atoms with Gasteiger partial charge in [-0.05, 0) is 6.08 Å². The number of nitrogens with zero attached hydrogens (tertiary/aromatic N) is 3. The molecule has 0 aromatic heterocycles. The van der Waals surface area contributed by atoms with Crippen LogP contribution in [0.5, 0.6) is 0 Å². The summed E-state index contributed by atoms with van der Waals surface area (Å²) in [6.45, 7) is 0. The van der Waals surface area contributed by atoms with Gasteiger partial charge in [-0.25, -0.2) is 4.99 Å². The number of guanidine groups is 1. The van der Waals surface area contributed by atoms with Crippen LogP contribution in [0.15, 0.2) is 26.1 Å². The quantitative estimate of drug-likeness (QED) is 0.585. The summed E-state index contributed by atoms with van der Waals surface area (Å²) in [5.74, 6) is -0.451. The van der Waals surface area contributed by atoms with Crippen molar-refractivity contribution in [3.8, 4) is 0 Å². The Morgan fingerprint density at radius 2 is 2.23 bits per heavy atom. The summed E-state index contributed by atoms with van der Waals surface area (Å²) in [6, 6.07) is -0.658. The van der Waals surface area contributed by atoms with Gasteiger partial charge in [-0.2, -0.15) is 4.99 Å². The molecule has 0 aromatic carbocycles. The lowest BCUT2D eigenvalue weighted by Crippen LogP contribution is -2.35. The van der Waals surface area contributed by atoms with Gasteiger partial charge in [0.25, 0.3) is 5.91 Å². The van der Waals surface area contributed by atoms with Crippen molar-refractivity contribution >= 4 is 35.4 Å². The molecule has 0 spiro atoms. The minimum Gasteiger partial charge on any atom is -0.368 e. The molecule has 0 bridgehead atoms. The van der Waals surface area contributed by atoms with Crippen LogP contribution >= 0.6 is 11.6 Å². The van der Waals surface area contributed by atoms with Gasteiger partial charge in [0.2, 0.25) is 5.96 Å². The highest BCUT2D eigenvalue weighted by Crippen LogP contribution is 2.13. The van der Waals surface area contributed by atoms with Crippen molar-refractivity contribution in [3.05, 3.63) is 11.1 Å². The lowest BCUT2D eigenvalue weighted by Gasteiger charge is -2.15. The summed E-state index contributed by atoms with van der Waals surface area (Å²) in [5, 5.41) is 0.428. The number of carbonyl (C=O) groups is 1. The highest BCUT2D eigenvalue weighted by Gasteiger charge is 2.27. The Bertz CT molecular complexity index is 393. The van der Waals surface area contributed by atoms with Crippen molar-refractivity contribution < 1.29 is 4.79 Å². The summed E-state index contributed by atoms with van der Waals surface area (Å²) in [4.78, 5) is 22.4. The predicted molar refractivity (Wildman–Crippen MR) is 50.3 cm³/mol. The molecule has 0 aliphatic carbocycles. The van der Waals surface area contributed by atoms with Crippen LogP contribution in [0, 0.1) is 0 Å². The van der Waals surface area contributed by atoms with Crippen LogP contribution in [0.3, 0.4) is 0 Å². The zero-order valence-electron chi connectivity index (χ0n) is 6.44. The number of nitrogens with two attached hydrogens (primary N) is 1. The molecule has 0 saturated carbocycles. The lowest BCUT2D eigenvalue weighted by molar-refractivity contribution is -0.117. The van der Waals surface area contributed by atoms with Crippen LogP contribution in [0.4, 0.5) is 0 Å². The van der Waals surface area contributed by atoms with Gasteiger partial charge in [-0.15, -0.1) is 0 Å². The molecular weight excluding hydrogens is 192 g/mol. The monoisotopic (exact) mass is 196 g/mol. The molecule has 2 aliphatic heterocycles. The van der Waals surface area contributed by atoms with E-state index in [9.17, 15) is 4.79 Å². The van der Waals surface area contributed by atoms with Crippen LogP contribution in [0.25, 0.3) is 0 Å². The standard InChI is InChI=1S/C7H5ClN4O/c8-3-1-4-5(10-2-3)6(13)12-7(9)11-4/h1-2,5H,(H2,9,12,13). The van der Waals surface area contributed by atoms with Crippen molar-refractivity contribution in [1.29, 1.82) is 0 Å². The molecule has 0 radical (unpaired) electrons. The maximum absolute atomic E-state index is 11.2. The van der Waals surface area contributed by atoms with E-state index in [2.05, 4.69) is 15.0 Å². The van der Waals surface area contributed by atoms with E-state index >= 15 is 0 Å². The number of amides is 1. The average Bonchev–Trinajstić information content (AvgIpc) is 2.02. The molecule has 1 atom stereocenters. The number of carbonyl (C=O) groups excluding carboxylic acids is 1. The first-order chi connectivity index (χ1) is 6.16. The Hall–Kier alpha value is -1.49. The van der Waals surface area contributed by atoms with E-state index in [-0.39, 0.29) is 5.96 Å². The van der Waals surface area contributed by atoms with E-state index in [1.807, 2.05) is 0 Å². The number of halogens is 1. The fraction of sp³-hybridized carbons (Fsp3) is 0.143. The van der Waals surface area contributed by atoms with Crippen LogP contribution in [-0.4, -0.2) is 29.8 Å². The minimum atomic E-state index is -0.658. The number of rotatable bonds is 0. The Labute approximate surface area is 78.7 Å². The average molecular weight is 197 g/mol. The molecule has 13 heavy (non-hydrogen) atoms. The van der Waals surface area contributed by atoms with Crippen molar-refractivity contribution in [2.24, 2.45) is 20.7 Å². The number of fused-ring (bicyclic) bond motifs is 1. The molecule has 0 saturated heterocycles. The Morgan fingerprint density at radius 3 is 3.00 bits per heavy atom. The SMILES string of the molecule is NC1=NC(=O)C2N=CC(Cl)=CC2=N1. The zero-order chi connectivity index (χ0) is 9.42. The minimum absolute atomic E-state index is 0.0472. The third-order valence-electron chi connectivity index (χ3n) is 1.62. The highest BCUT2D eigenvalue weighted by molar-refractivity contribution is 6.43. The maximum atomic E-state index is 11.2. The van der Waals surface area contributed by atoms with Gasteiger partial charge in [0, 0.05) is 6.21 Å². The van der Waals surface area contributed by atoms with Gasteiger partial charge in [0.15, 0.2) is 6.04 Å². The van der Waals surface area contributed by atoms with Gasteiger partial charge in [-0.3, -0.25) is 9.79 Å². The molecule has 0 fully saturated rings. The van der Waals surface area contributed by atoms with Crippen LogP contribution < -0.4 is 5.73 Å². The number of dihydropyridines is 1. The molecule has 6 heteroatoms. The van der Waals surface area contributed by atoms with Gasteiger partial charge in [0.05, 0.1) is 10.7 Å². The summed E-state index contributed by atoms with van der Waals surface area (Å²) in [6.07, 6.45) is 2.96. The van der Waals surface area contributed by atoms with Crippen LogP contribution in [-0.2, 0) is 4.79 Å². The third kappa shape index (κ3) is 1.38. The van der Waals surface area contributed by atoms with E-state index in [0.29, 0.717) is 10.7 Å². The summed E-state index contributed by atoms with van der Waals surface area (Å²) < 4.78 is 0. The van der Waals surface area contributed by atoms with Crippen molar-refractivity contribution in [2.75, 3.05) is 0 Å². The number of allylic oxidation sites excluding steroid dienone is 1. The normalized spacial score (nSPS) is 26.1. The lowest BCUT2D eigenvalue weighted by atomic mass is 10.1. The second-order valence-corrected chi connectivity index (χ2v) is 2.99. The van der Waals surface area contributed by atoms with Gasteiger partial charge in [-0.1, -0.05) is 11.6 Å². The fourth-order valence-electron chi connectivity index (χ4n) is 1.09. The predicted octanol–water partition coefficient (Wildman–Crippen LogP) is -0.142. The molecule has 66 valence electrons. The third-order valence-corrected chi connectivity index (χ3v) is 1.82. The zero-order valence-corrected chi connectivity index (χ0v) is 7.19. The van der Waals surface area contributed by atoms with Gasteiger partial charge < -0.3 is 5.73 Å². The summed E-state index contributed by atoms with van der Waals surface area (Å²) in [5.41, 5.74) is 5.74. The van der Waals surface area contributed by atoms with E-state index < -0.39 is 11.9 Å². The van der Waals surface area contributed by atoms with Crippen molar-refractivity contribution in [3.63, 3.8) is 0 Å². The van der Waals surface area contributed by atoms with E-state index in [1.165, 1.54) is 6.21 Å². The van der Waals surface area contributed by atoms with E-state index in [1.54, 1.807) is 6.08 Å². The van der Waals surface area contributed by atoms with E-state index in [4.69, 9.17) is 17.3 Å². The summed E-state index contributed by atoms with van der Waals surface area (Å²) >= 11 is 5.67. The molecule has 2 rings (SSSR count). The highest BCUT2D eigenvalue weighted by atomic mass is 35.5. The smallest absolute Gasteiger partial charge is 0.279 e. The molecule has 2 N–H and O–H groups in total. The molecule has 1 unspecified atom stereocenters. The van der Waals surface area contributed by atoms with E-state index in [0.717, 1.165) is 0 Å².